The Morgan fingerprint density at radius 2 is 1.66 bits per heavy atom. The van der Waals surface area contributed by atoms with Gasteiger partial charge < -0.3 is 10.2 Å². The summed E-state index contributed by atoms with van der Waals surface area (Å²) in [6.45, 7) is 4.61. The molecule has 4 heterocycles. The van der Waals surface area contributed by atoms with Gasteiger partial charge in [-0.25, -0.2) is 14.4 Å². The van der Waals surface area contributed by atoms with Gasteiger partial charge in [-0.1, -0.05) is 24.3 Å². The van der Waals surface area contributed by atoms with Crippen molar-refractivity contribution in [1.29, 1.82) is 0 Å². The van der Waals surface area contributed by atoms with E-state index in [1.54, 1.807) is 30.7 Å². The van der Waals surface area contributed by atoms with Gasteiger partial charge in [-0.2, -0.15) is 5.10 Å². The average Bonchev–Trinajstić information content (AvgIpc) is 3.40. The molecule has 5 aromatic rings. The molecule has 1 fully saturated rings. The Hall–Kier alpha value is -4.43. The first-order valence-electron chi connectivity index (χ1n) is 12.8. The molecular weight excluding hydrogens is 477 g/mol. The first-order valence-corrected chi connectivity index (χ1v) is 12.8. The van der Waals surface area contributed by atoms with E-state index >= 15 is 0 Å². The van der Waals surface area contributed by atoms with Gasteiger partial charge in [-0.3, -0.25) is 9.67 Å². The summed E-state index contributed by atoms with van der Waals surface area (Å²) >= 11 is 0. The van der Waals surface area contributed by atoms with Gasteiger partial charge in [0.05, 0.1) is 12.2 Å². The van der Waals surface area contributed by atoms with Crippen LogP contribution in [-0.2, 0) is 13.0 Å². The fraction of sp³-hybridized carbons (Fsp3) is 0.200. The summed E-state index contributed by atoms with van der Waals surface area (Å²) in [5.74, 6) is 0.499. The highest BCUT2D eigenvalue weighted by Gasteiger charge is 2.16. The third-order valence-electron chi connectivity index (χ3n) is 6.72. The molecule has 1 saturated heterocycles. The summed E-state index contributed by atoms with van der Waals surface area (Å²) in [6, 6.07) is 21.0. The Balaban J connectivity index is 1.27. The SMILES string of the molecule is Fc1ccc(Cn2cc(-c3ccnc(Cc4ccc(N5CCNCC5)cc4)n3)c(-c3cccnc3)n2)cc1. The van der Waals surface area contributed by atoms with Crippen LogP contribution in [0.5, 0.6) is 0 Å². The van der Waals surface area contributed by atoms with Gasteiger partial charge in [0.25, 0.3) is 0 Å². The summed E-state index contributed by atoms with van der Waals surface area (Å²) in [5, 5.41) is 8.25. The maximum Gasteiger partial charge on any atom is 0.133 e. The summed E-state index contributed by atoms with van der Waals surface area (Å²) in [6.07, 6.45) is 7.98. The molecule has 1 N–H and O–H groups in total. The van der Waals surface area contributed by atoms with E-state index in [1.165, 1.54) is 23.4 Å². The molecule has 3 aromatic heterocycles. The number of benzene rings is 2. The smallest absolute Gasteiger partial charge is 0.133 e. The predicted molar refractivity (Wildman–Crippen MR) is 146 cm³/mol. The number of anilines is 1. The second-order valence-corrected chi connectivity index (χ2v) is 9.40. The minimum atomic E-state index is -0.252. The molecule has 0 bridgehead atoms. The Morgan fingerprint density at radius 3 is 2.42 bits per heavy atom. The van der Waals surface area contributed by atoms with Crippen molar-refractivity contribution in [3.8, 4) is 22.5 Å². The molecule has 190 valence electrons. The van der Waals surface area contributed by atoms with E-state index in [-0.39, 0.29) is 5.82 Å². The van der Waals surface area contributed by atoms with Crippen molar-refractivity contribution in [2.45, 2.75) is 13.0 Å². The maximum absolute atomic E-state index is 13.4. The molecule has 6 rings (SSSR count). The zero-order valence-electron chi connectivity index (χ0n) is 21.0. The van der Waals surface area contributed by atoms with E-state index in [2.05, 4.69) is 44.5 Å². The van der Waals surface area contributed by atoms with Gasteiger partial charge in [0.2, 0.25) is 0 Å². The molecule has 0 aliphatic carbocycles. The van der Waals surface area contributed by atoms with Crippen molar-refractivity contribution < 1.29 is 4.39 Å². The van der Waals surface area contributed by atoms with Crippen LogP contribution in [0.25, 0.3) is 22.5 Å². The largest absolute Gasteiger partial charge is 0.369 e. The van der Waals surface area contributed by atoms with Crippen molar-refractivity contribution in [2.75, 3.05) is 31.1 Å². The Bertz CT molecular complexity index is 1490. The fourth-order valence-electron chi connectivity index (χ4n) is 4.75. The van der Waals surface area contributed by atoms with E-state index in [4.69, 9.17) is 10.1 Å². The van der Waals surface area contributed by atoms with Crippen LogP contribution in [0, 0.1) is 5.82 Å². The second-order valence-electron chi connectivity index (χ2n) is 9.40. The van der Waals surface area contributed by atoms with Crippen LogP contribution in [0.1, 0.15) is 17.0 Å². The summed E-state index contributed by atoms with van der Waals surface area (Å²) < 4.78 is 15.3. The molecule has 38 heavy (non-hydrogen) atoms. The lowest BCUT2D eigenvalue weighted by molar-refractivity contribution is 0.589. The summed E-state index contributed by atoms with van der Waals surface area (Å²) in [4.78, 5) is 16.2. The Kier molecular flexibility index (Phi) is 6.87. The normalized spacial score (nSPS) is 13.6. The van der Waals surface area contributed by atoms with Gasteiger partial charge in [0.1, 0.15) is 17.3 Å². The van der Waals surface area contributed by atoms with Gasteiger partial charge in [0.15, 0.2) is 0 Å². The Labute approximate surface area is 221 Å². The molecule has 8 heteroatoms. The topological polar surface area (TPSA) is 71.8 Å². The molecule has 0 atom stereocenters. The molecule has 0 saturated carbocycles. The number of aromatic nitrogens is 5. The lowest BCUT2D eigenvalue weighted by Gasteiger charge is -2.29. The molecule has 7 nitrogen and oxygen atoms in total. The maximum atomic E-state index is 13.4. The molecule has 0 unspecified atom stereocenters. The van der Waals surface area contributed by atoms with Crippen LogP contribution in [0.4, 0.5) is 10.1 Å². The second kappa shape index (κ2) is 10.9. The zero-order chi connectivity index (χ0) is 25.7. The van der Waals surface area contributed by atoms with Crippen molar-refractivity contribution in [3.05, 3.63) is 114 Å². The van der Waals surface area contributed by atoms with Crippen LogP contribution in [0.3, 0.4) is 0 Å². The number of hydrogen-bond donors (Lipinski definition) is 1. The highest BCUT2D eigenvalue weighted by molar-refractivity contribution is 5.78. The number of pyridine rings is 1. The molecule has 2 aromatic carbocycles. The minimum Gasteiger partial charge on any atom is -0.369 e. The van der Waals surface area contributed by atoms with Crippen molar-refractivity contribution >= 4 is 5.69 Å². The van der Waals surface area contributed by atoms with Crippen LogP contribution >= 0.6 is 0 Å². The summed E-state index contributed by atoms with van der Waals surface area (Å²) in [7, 11) is 0. The van der Waals surface area contributed by atoms with E-state index in [9.17, 15) is 4.39 Å². The molecule has 0 amide bonds. The monoisotopic (exact) mass is 505 g/mol. The summed E-state index contributed by atoms with van der Waals surface area (Å²) in [5.41, 5.74) is 6.79. The van der Waals surface area contributed by atoms with Gasteiger partial charge >= 0.3 is 0 Å². The lowest BCUT2D eigenvalue weighted by Crippen LogP contribution is -2.43. The standard InChI is InChI=1S/C30H28FN7/c31-25-7-3-23(4-8-25)20-38-21-27(30(36-38)24-2-1-12-33-19-24)28-11-13-34-29(35-28)18-22-5-9-26(10-6-22)37-16-14-32-15-17-37/h1-13,19,21,32H,14-18,20H2. The first-order chi connectivity index (χ1) is 18.7. The predicted octanol–water partition coefficient (Wildman–Crippen LogP) is 4.59. The molecule has 0 radical (unpaired) electrons. The van der Waals surface area contributed by atoms with Crippen LogP contribution in [-0.4, -0.2) is 50.9 Å². The Morgan fingerprint density at radius 1 is 0.868 bits per heavy atom. The fourth-order valence-corrected chi connectivity index (χ4v) is 4.75. The van der Waals surface area contributed by atoms with Crippen molar-refractivity contribution in [1.82, 2.24) is 30.0 Å². The average molecular weight is 506 g/mol. The molecule has 1 aliphatic rings. The van der Waals surface area contributed by atoms with E-state index in [1.807, 2.05) is 29.1 Å². The molecule has 1 aliphatic heterocycles. The highest BCUT2D eigenvalue weighted by atomic mass is 19.1. The molecule has 0 spiro atoms. The van der Waals surface area contributed by atoms with E-state index in [0.29, 0.717) is 13.0 Å². The number of nitrogens with zero attached hydrogens (tertiary/aromatic N) is 6. The first kappa shape index (κ1) is 23.9. The number of hydrogen-bond acceptors (Lipinski definition) is 6. The number of piperazine rings is 1. The van der Waals surface area contributed by atoms with Crippen molar-refractivity contribution in [3.63, 3.8) is 0 Å². The van der Waals surface area contributed by atoms with E-state index in [0.717, 1.165) is 60.1 Å². The van der Waals surface area contributed by atoms with Crippen LogP contribution < -0.4 is 10.2 Å². The van der Waals surface area contributed by atoms with E-state index < -0.39 is 0 Å². The quantitative estimate of drug-likeness (QED) is 0.349. The third-order valence-corrected chi connectivity index (χ3v) is 6.72. The van der Waals surface area contributed by atoms with Gasteiger partial charge in [-0.05, 0) is 53.6 Å². The lowest BCUT2D eigenvalue weighted by atomic mass is 10.1. The van der Waals surface area contributed by atoms with Crippen LogP contribution in [0.15, 0.2) is 91.5 Å². The number of rotatable bonds is 7. The highest BCUT2D eigenvalue weighted by Crippen LogP contribution is 2.30. The number of nitrogens with one attached hydrogen (secondary N) is 1. The van der Waals surface area contributed by atoms with Gasteiger partial charge in [0, 0.05) is 74.2 Å². The van der Waals surface area contributed by atoms with Gasteiger partial charge in [-0.15, -0.1) is 0 Å². The third kappa shape index (κ3) is 5.45. The van der Waals surface area contributed by atoms with Crippen LogP contribution in [0.2, 0.25) is 0 Å². The minimum absolute atomic E-state index is 0.252. The molecular formula is C30H28FN7. The zero-order valence-corrected chi connectivity index (χ0v) is 21.0. The number of halogens is 1. The van der Waals surface area contributed by atoms with Crippen molar-refractivity contribution in [2.24, 2.45) is 0 Å².